The molecule has 0 bridgehead atoms. The van der Waals surface area contributed by atoms with E-state index in [2.05, 4.69) is 45.8 Å². The second-order valence-electron chi connectivity index (χ2n) is 8.10. The number of hydrazine groups is 2. The fourth-order valence-electron chi connectivity index (χ4n) is 3.83. The van der Waals surface area contributed by atoms with Gasteiger partial charge in [0, 0.05) is 29.9 Å². The van der Waals surface area contributed by atoms with Crippen LogP contribution in [0.4, 0.5) is 0 Å². The molecule has 1 N–H and O–H groups in total. The van der Waals surface area contributed by atoms with E-state index < -0.39 is 0 Å². The molecule has 0 atom stereocenters. The number of aromatic nitrogens is 1. The van der Waals surface area contributed by atoms with Crippen molar-refractivity contribution in [3.63, 3.8) is 0 Å². The quantitative estimate of drug-likeness (QED) is 0.329. The Kier molecular flexibility index (Phi) is 6.47. The highest BCUT2D eigenvalue weighted by Crippen LogP contribution is 2.25. The summed E-state index contributed by atoms with van der Waals surface area (Å²) in [6.45, 7) is 1.14. The molecule has 0 spiro atoms. The van der Waals surface area contributed by atoms with Crippen molar-refractivity contribution in [2.24, 2.45) is 0 Å². The number of hydrogen-bond acceptors (Lipinski definition) is 5. The standard InChI is InChI=1S/C28H25ClN4O/c1-32-30-16-17-33(32)19-24(18-21-6-11-25(29)12-7-21)22-9-14-27(15-10-22)34-20-26-13-8-23-4-2-3-5-28(23)31-26/h2-18,30H,19-20H2,1H3/b24-18-. The van der Waals surface area contributed by atoms with E-state index in [0.29, 0.717) is 13.2 Å². The van der Waals surface area contributed by atoms with Crippen LogP contribution in [0.5, 0.6) is 5.75 Å². The van der Waals surface area contributed by atoms with Crippen LogP contribution >= 0.6 is 11.6 Å². The minimum absolute atomic E-state index is 0.423. The van der Waals surface area contributed by atoms with Crippen LogP contribution in [0.25, 0.3) is 22.6 Å². The summed E-state index contributed by atoms with van der Waals surface area (Å²) >= 11 is 6.07. The monoisotopic (exact) mass is 468 g/mol. The lowest BCUT2D eigenvalue weighted by Gasteiger charge is -2.26. The largest absolute Gasteiger partial charge is 0.487 e. The van der Waals surface area contributed by atoms with Gasteiger partial charge < -0.3 is 10.2 Å². The van der Waals surface area contributed by atoms with E-state index in [1.165, 1.54) is 5.57 Å². The zero-order valence-corrected chi connectivity index (χ0v) is 19.6. The van der Waals surface area contributed by atoms with Gasteiger partial charge in [0.15, 0.2) is 0 Å². The third kappa shape index (κ3) is 5.22. The number of nitrogens with zero attached hydrogens (tertiary/aromatic N) is 3. The van der Waals surface area contributed by atoms with E-state index in [1.54, 1.807) is 0 Å². The van der Waals surface area contributed by atoms with Crippen molar-refractivity contribution in [1.29, 1.82) is 0 Å². The normalized spacial score (nSPS) is 13.9. The molecule has 0 saturated carbocycles. The predicted molar refractivity (Wildman–Crippen MR) is 139 cm³/mol. The molecule has 34 heavy (non-hydrogen) atoms. The number of fused-ring (bicyclic) bond motifs is 1. The lowest BCUT2D eigenvalue weighted by Crippen LogP contribution is -2.38. The molecule has 3 aromatic carbocycles. The van der Waals surface area contributed by atoms with E-state index in [9.17, 15) is 0 Å². The van der Waals surface area contributed by atoms with Crippen LogP contribution in [-0.2, 0) is 6.61 Å². The molecule has 5 nitrogen and oxygen atoms in total. The van der Waals surface area contributed by atoms with Crippen molar-refractivity contribution in [2.75, 3.05) is 13.6 Å². The first-order valence-electron chi connectivity index (χ1n) is 11.1. The van der Waals surface area contributed by atoms with Crippen molar-refractivity contribution < 1.29 is 4.74 Å². The summed E-state index contributed by atoms with van der Waals surface area (Å²) in [5.74, 6) is 0.810. The van der Waals surface area contributed by atoms with E-state index in [1.807, 2.05) is 85.2 Å². The first-order chi connectivity index (χ1) is 16.6. The van der Waals surface area contributed by atoms with Crippen molar-refractivity contribution in [1.82, 2.24) is 20.5 Å². The number of para-hydroxylation sites is 1. The van der Waals surface area contributed by atoms with Gasteiger partial charge in [0.2, 0.25) is 0 Å². The average Bonchev–Trinajstić information content (AvgIpc) is 3.28. The zero-order chi connectivity index (χ0) is 23.3. The molecular weight excluding hydrogens is 444 g/mol. The Morgan fingerprint density at radius 2 is 1.76 bits per heavy atom. The van der Waals surface area contributed by atoms with Gasteiger partial charge in [-0.2, -0.15) is 0 Å². The Hall–Kier alpha value is -3.80. The molecule has 4 aromatic rings. The van der Waals surface area contributed by atoms with Crippen LogP contribution < -0.4 is 10.2 Å². The maximum Gasteiger partial charge on any atom is 0.130 e. The van der Waals surface area contributed by atoms with Crippen molar-refractivity contribution in [2.45, 2.75) is 6.61 Å². The van der Waals surface area contributed by atoms with Gasteiger partial charge in [0.25, 0.3) is 0 Å². The summed E-state index contributed by atoms with van der Waals surface area (Å²) in [5.41, 5.74) is 8.44. The second kappa shape index (κ2) is 10.00. The number of halogens is 1. The number of nitrogens with one attached hydrogen (secondary N) is 1. The van der Waals surface area contributed by atoms with Gasteiger partial charge in [-0.1, -0.05) is 60.1 Å². The Balaban J connectivity index is 1.33. The molecule has 1 aliphatic heterocycles. The Morgan fingerprint density at radius 1 is 0.971 bits per heavy atom. The molecule has 0 saturated heterocycles. The molecule has 6 heteroatoms. The molecule has 0 fully saturated rings. The summed E-state index contributed by atoms with van der Waals surface area (Å²) in [6.07, 6.45) is 6.12. The van der Waals surface area contributed by atoms with E-state index in [-0.39, 0.29) is 0 Å². The highest BCUT2D eigenvalue weighted by molar-refractivity contribution is 6.30. The molecule has 1 aliphatic rings. The number of ether oxygens (including phenoxy) is 1. The summed E-state index contributed by atoms with van der Waals surface area (Å²) in [5, 5.41) is 5.92. The molecule has 1 aromatic heterocycles. The number of pyridine rings is 1. The van der Waals surface area contributed by atoms with Gasteiger partial charge in [-0.15, -0.1) is 5.12 Å². The highest BCUT2D eigenvalue weighted by atomic mass is 35.5. The summed E-state index contributed by atoms with van der Waals surface area (Å²) in [6, 6.07) is 28.3. The summed E-state index contributed by atoms with van der Waals surface area (Å²) in [4.78, 5) is 4.69. The number of rotatable bonds is 7. The van der Waals surface area contributed by atoms with Gasteiger partial charge in [-0.05, 0) is 59.2 Å². The third-order valence-electron chi connectivity index (χ3n) is 5.70. The Morgan fingerprint density at radius 3 is 2.53 bits per heavy atom. The molecule has 0 radical (unpaired) electrons. The van der Waals surface area contributed by atoms with E-state index in [0.717, 1.165) is 38.5 Å². The highest BCUT2D eigenvalue weighted by Gasteiger charge is 2.14. The molecule has 5 rings (SSSR count). The molecule has 170 valence electrons. The van der Waals surface area contributed by atoms with Crippen LogP contribution in [0.1, 0.15) is 16.8 Å². The van der Waals surface area contributed by atoms with Crippen LogP contribution in [0.15, 0.2) is 97.3 Å². The smallest absolute Gasteiger partial charge is 0.130 e. The molecular formula is C28H25ClN4O. The van der Waals surface area contributed by atoms with Gasteiger partial charge in [-0.25, -0.2) is 4.98 Å². The molecule has 0 amide bonds. The van der Waals surface area contributed by atoms with E-state index in [4.69, 9.17) is 16.3 Å². The topological polar surface area (TPSA) is 40.6 Å². The Bertz CT molecular complexity index is 1330. The lowest BCUT2D eigenvalue weighted by molar-refractivity contribution is 0.0519. The van der Waals surface area contributed by atoms with Gasteiger partial charge in [0.05, 0.1) is 17.8 Å². The van der Waals surface area contributed by atoms with E-state index >= 15 is 0 Å². The minimum Gasteiger partial charge on any atom is -0.487 e. The fraction of sp³-hybridized carbons (Fsp3) is 0.107. The second-order valence-corrected chi connectivity index (χ2v) is 8.53. The first-order valence-corrected chi connectivity index (χ1v) is 11.5. The number of hydrogen-bond donors (Lipinski definition) is 1. The lowest BCUT2D eigenvalue weighted by atomic mass is 10.0. The van der Waals surface area contributed by atoms with Crippen molar-refractivity contribution >= 4 is 34.2 Å². The maximum absolute atomic E-state index is 6.07. The van der Waals surface area contributed by atoms with Gasteiger partial charge in [0.1, 0.15) is 12.4 Å². The van der Waals surface area contributed by atoms with Crippen molar-refractivity contribution in [3.8, 4) is 5.75 Å². The van der Waals surface area contributed by atoms with Crippen LogP contribution in [-0.4, -0.2) is 28.7 Å². The average molecular weight is 469 g/mol. The minimum atomic E-state index is 0.423. The predicted octanol–water partition coefficient (Wildman–Crippen LogP) is 6.15. The first kappa shape index (κ1) is 22.0. The van der Waals surface area contributed by atoms with Crippen LogP contribution in [0, 0.1) is 0 Å². The Labute approximate surface area is 204 Å². The summed E-state index contributed by atoms with van der Waals surface area (Å²) in [7, 11) is 1.98. The van der Waals surface area contributed by atoms with Crippen molar-refractivity contribution in [3.05, 3.63) is 119 Å². The SMILES string of the molecule is CN1NC=CN1C/C(=C/c1ccc(Cl)cc1)c1ccc(OCc2ccc3ccccc3n2)cc1. The van der Waals surface area contributed by atoms with Gasteiger partial charge in [-0.3, -0.25) is 5.01 Å². The maximum atomic E-state index is 6.07. The summed E-state index contributed by atoms with van der Waals surface area (Å²) < 4.78 is 6.02. The molecule has 0 aliphatic carbocycles. The zero-order valence-electron chi connectivity index (χ0n) is 18.9. The number of benzene rings is 3. The third-order valence-corrected chi connectivity index (χ3v) is 5.96. The molecule has 0 unspecified atom stereocenters. The molecule has 2 heterocycles. The fourth-order valence-corrected chi connectivity index (χ4v) is 3.95. The van der Waals surface area contributed by atoms with Crippen LogP contribution in [0.2, 0.25) is 5.02 Å². The van der Waals surface area contributed by atoms with Crippen LogP contribution in [0.3, 0.4) is 0 Å². The van der Waals surface area contributed by atoms with Gasteiger partial charge >= 0.3 is 0 Å².